The largest absolute Gasteiger partial charge is 0.382 e. The summed E-state index contributed by atoms with van der Waals surface area (Å²) in [7, 11) is 3.70. The summed E-state index contributed by atoms with van der Waals surface area (Å²) in [6.07, 6.45) is 1.63. The average Bonchev–Trinajstić information content (AvgIpc) is 3.01. The van der Waals surface area contributed by atoms with E-state index in [1.54, 1.807) is 6.33 Å². The average molecular weight is 295 g/mol. The van der Waals surface area contributed by atoms with Crippen LogP contribution in [0.1, 0.15) is 22.4 Å². The van der Waals surface area contributed by atoms with E-state index in [4.69, 9.17) is 5.73 Å². The molecule has 2 heterocycles. The first-order chi connectivity index (χ1) is 9.52. The number of nitrogens with one attached hydrogen (secondary N) is 1. The van der Waals surface area contributed by atoms with Gasteiger partial charge in [-0.25, -0.2) is 4.98 Å². The molecule has 1 amide bonds. The van der Waals surface area contributed by atoms with Crippen LogP contribution >= 0.6 is 11.3 Å². The number of nitrogen functional groups attached to an aromatic ring is 1. The molecule has 0 aliphatic carbocycles. The van der Waals surface area contributed by atoms with Crippen LogP contribution in [-0.4, -0.2) is 39.8 Å². The molecule has 0 saturated heterocycles. The minimum absolute atomic E-state index is 0.244. The smallest absolute Gasteiger partial charge is 0.265 e. The maximum absolute atomic E-state index is 12.1. The second-order valence-corrected chi connectivity index (χ2v) is 5.30. The molecule has 0 bridgehead atoms. The van der Waals surface area contributed by atoms with Crippen LogP contribution in [0.5, 0.6) is 0 Å². The molecule has 8 nitrogen and oxygen atoms in total. The summed E-state index contributed by atoms with van der Waals surface area (Å²) in [5, 5.41) is 11.2. The fraction of sp³-hybridized carbons (Fsp3) is 0.455. The van der Waals surface area contributed by atoms with E-state index >= 15 is 0 Å². The number of carbonyl (C=O) groups excluding carboxylic acids is 1. The number of thiazole rings is 1. The fourth-order valence-corrected chi connectivity index (χ4v) is 2.42. The van der Waals surface area contributed by atoms with Crippen LogP contribution in [-0.2, 0) is 13.1 Å². The number of hydrogen-bond donors (Lipinski definition) is 2. The molecule has 0 radical (unpaired) electrons. The van der Waals surface area contributed by atoms with Crippen LogP contribution in [0.15, 0.2) is 6.33 Å². The molecule has 0 fully saturated rings. The van der Waals surface area contributed by atoms with E-state index in [1.807, 2.05) is 30.5 Å². The lowest BCUT2D eigenvalue weighted by Gasteiger charge is -2.05. The SMILES string of the molecule is CCn1cnnc1CNC(=O)c1sc(N(C)C)nc1N. The number of nitrogens with zero attached hydrogens (tertiary/aromatic N) is 5. The second kappa shape index (κ2) is 5.87. The van der Waals surface area contributed by atoms with Gasteiger partial charge in [-0.1, -0.05) is 11.3 Å². The lowest BCUT2D eigenvalue weighted by molar-refractivity contribution is 0.0954. The molecular formula is C11H17N7OS. The van der Waals surface area contributed by atoms with Crippen molar-refractivity contribution in [2.45, 2.75) is 20.0 Å². The van der Waals surface area contributed by atoms with Crippen LogP contribution in [0.25, 0.3) is 0 Å². The van der Waals surface area contributed by atoms with Crippen LogP contribution < -0.4 is 16.0 Å². The number of nitrogens with two attached hydrogens (primary N) is 1. The molecule has 0 aliphatic rings. The Kier molecular flexibility index (Phi) is 4.18. The number of amides is 1. The first-order valence-electron chi connectivity index (χ1n) is 6.11. The van der Waals surface area contributed by atoms with Crippen molar-refractivity contribution in [2.75, 3.05) is 24.7 Å². The van der Waals surface area contributed by atoms with Gasteiger partial charge < -0.3 is 20.5 Å². The summed E-state index contributed by atoms with van der Waals surface area (Å²) >= 11 is 1.26. The minimum Gasteiger partial charge on any atom is -0.382 e. The zero-order chi connectivity index (χ0) is 14.7. The molecule has 2 rings (SSSR count). The normalized spacial score (nSPS) is 10.6. The highest BCUT2D eigenvalue weighted by molar-refractivity contribution is 7.18. The third kappa shape index (κ3) is 2.87. The van der Waals surface area contributed by atoms with Crippen molar-refractivity contribution in [3.8, 4) is 0 Å². The van der Waals surface area contributed by atoms with Gasteiger partial charge in [0.2, 0.25) is 0 Å². The zero-order valence-electron chi connectivity index (χ0n) is 11.6. The molecule has 9 heteroatoms. The van der Waals surface area contributed by atoms with Crippen molar-refractivity contribution in [1.29, 1.82) is 0 Å². The Bertz CT molecular complexity index is 604. The van der Waals surface area contributed by atoms with Crippen molar-refractivity contribution in [3.05, 3.63) is 17.0 Å². The Labute approximate surface area is 120 Å². The van der Waals surface area contributed by atoms with Crippen LogP contribution in [0.2, 0.25) is 0 Å². The van der Waals surface area contributed by atoms with Crippen molar-refractivity contribution in [1.82, 2.24) is 25.1 Å². The summed E-state index contributed by atoms with van der Waals surface area (Å²) in [5.74, 6) is 0.698. The highest BCUT2D eigenvalue weighted by Gasteiger charge is 2.17. The second-order valence-electron chi connectivity index (χ2n) is 4.32. The number of carbonyl (C=O) groups is 1. The lowest BCUT2D eigenvalue weighted by Crippen LogP contribution is -2.24. The van der Waals surface area contributed by atoms with E-state index in [-0.39, 0.29) is 11.7 Å². The van der Waals surface area contributed by atoms with Gasteiger partial charge in [0.15, 0.2) is 11.0 Å². The number of aryl methyl sites for hydroxylation is 1. The van der Waals surface area contributed by atoms with Crippen molar-refractivity contribution < 1.29 is 4.79 Å². The molecule has 0 aliphatic heterocycles. The maximum atomic E-state index is 12.1. The molecule has 0 atom stereocenters. The summed E-state index contributed by atoms with van der Waals surface area (Å²) in [6.45, 7) is 3.05. The fourth-order valence-electron chi connectivity index (χ4n) is 1.59. The Morgan fingerprint density at radius 1 is 1.55 bits per heavy atom. The van der Waals surface area contributed by atoms with Crippen LogP contribution in [0, 0.1) is 0 Å². The molecular weight excluding hydrogens is 278 g/mol. The first-order valence-corrected chi connectivity index (χ1v) is 6.93. The highest BCUT2D eigenvalue weighted by atomic mass is 32.1. The molecule has 0 spiro atoms. The van der Waals surface area contributed by atoms with Gasteiger partial charge in [-0.05, 0) is 6.92 Å². The Balaban J connectivity index is 2.05. The van der Waals surface area contributed by atoms with Gasteiger partial charge in [0, 0.05) is 20.6 Å². The van der Waals surface area contributed by atoms with E-state index < -0.39 is 0 Å². The molecule has 3 N–H and O–H groups in total. The molecule has 0 unspecified atom stereocenters. The summed E-state index contributed by atoms with van der Waals surface area (Å²) < 4.78 is 1.86. The lowest BCUT2D eigenvalue weighted by atomic mass is 10.4. The first kappa shape index (κ1) is 14.3. The number of anilines is 2. The Morgan fingerprint density at radius 3 is 2.90 bits per heavy atom. The topological polar surface area (TPSA) is 102 Å². The minimum atomic E-state index is -0.251. The molecule has 20 heavy (non-hydrogen) atoms. The third-order valence-corrected chi connectivity index (χ3v) is 3.91. The van der Waals surface area contributed by atoms with Gasteiger partial charge in [-0.15, -0.1) is 10.2 Å². The highest BCUT2D eigenvalue weighted by Crippen LogP contribution is 2.26. The van der Waals surface area contributed by atoms with Gasteiger partial charge in [0.1, 0.15) is 17.0 Å². The summed E-state index contributed by atoms with van der Waals surface area (Å²) in [4.78, 5) is 18.5. The monoisotopic (exact) mass is 295 g/mol. The van der Waals surface area contributed by atoms with Gasteiger partial charge in [-0.2, -0.15) is 0 Å². The predicted octanol–water partition coefficient (Wildman–Crippen LogP) is 0.333. The third-order valence-electron chi connectivity index (χ3n) is 2.67. The van der Waals surface area contributed by atoms with Gasteiger partial charge in [0.05, 0.1) is 6.54 Å². The maximum Gasteiger partial charge on any atom is 0.265 e. The van der Waals surface area contributed by atoms with Gasteiger partial charge >= 0.3 is 0 Å². The summed E-state index contributed by atoms with van der Waals surface area (Å²) in [6, 6.07) is 0. The molecule has 0 aromatic carbocycles. The van der Waals surface area contributed by atoms with Gasteiger partial charge in [-0.3, -0.25) is 4.79 Å². The van der Waals surface area contributed by atoms with Crippen LogP contribution in [0.3, 0.4) is 0 Å². The molecule has 108 valence electrons. The van der Waals surface area contributed by atoms with Crippen molar-refractivity contribution >= 4 is 28.2 Å². The number of aromatic nitrogens is 4. The van der Waals surface area contributed by atoms with Crippen molar-refractivity contribution in [3.63, 3.8) is 0 Å². The van der Waals surface area contributed by atoms with Crippen molar-refractivity contribution in [2.24, 2.45) is 0 Å². The quantitative estimate of drug-likeness (QED) is 0.824. The van der Waals surface area contributed by atoms with E-state index in [0.717, 1.165) is 6.54 Å². The Morgan fingerprint density at radius 2 is 2.30 bits per heavy atom. The van der Waals surface area contributed by atoms with E-state index in [0.29, 0.717) is 22.4 Å². The summed E-state index contributed by atoms with van der Waals surface area (Å²) in [5.41, 5.74) is 5.76. The number of rotatable bonds is 5. The van der Waals surface area contributed by atoms with E-state index in [2.05, 4.69) is 20.5 Å². The zero-order valence-corrected chi connectivity index (χ0v) is 12.4. The molecule has 0 saturated carbocycles. The van der Waals surface area contributed by atoms with E-state index in [1.165, 1.54) is 11.3 Å². The van der Waals surface area contributed by atoms with Crippen LogP contribution in [0.4, 0.5) is 10.9 Å². The number of hydrogen-bond acceptors (Lipinski definition) is 7. The Hall–Kier alpha value is -2.16. The molecule has 2 aromatic heterocycles. The predicted molar refractivity (Wildman–Crippen MR) is 77.7 cm³/mol. The molecule has 2 aromatic rings. The van der Waals surface area contributed by atoms with Gasteiger partial charge in [0.25, 0.3) is 5.91 Å². The van der Waals surface area contributed by atoms with E-state index in [9.17, 15) is 4.79 Å². The standard InChI is InChI=1S/C11H17N7OS/c1-4-18-6-14-16-7(18)5-13-10(19)8-9(12)15-11(20-8)17(2)3/h6H,4-5,12H2,1-3H3,(H,13,19).